The van der Waals surface area contributed by atoms with E-state index in [-0.39, 0.29) is 18.1 Å². The molecule has 3 aromatic carbocycles. The Morgan fingerprint density at radius 3 is 2.49 bits per heavy atom. The molecule has 210 valence electrons. The van der Waals surface area contributed by atoms with Crippen molar-refractivity contribution in [2.75, 3.05) is 31.1 Å². The van der Waals surface area contributed by atoms with E-state index >= 15 is 0 Å². The van der Waals surface area contributed by atoms with Gasteiger partial charge >= 0.3 is 0 Å². The molecule has 0 saturated carbocycles. The minimum absolute atomic E-state index is 0.00502. The summed E-state index contributed by atoms with van der Waals surface area (Å²) in [4.78, 5) is 18.7. The van der Waals surface area contributed by atoms with Crippen LogP contribution in [0.1, 0.15) is 52.0 Å². The van der Waals surface area contributed by atoms with Crippen LogP contribution in [0, 0.1) is 18.3 Å². The number of carbonyl (C=O) groups is 1. The number of nitrogens with zero attached hydrogens (tertiary/aromatic N) is 3. The van der Waals surface area contributed by atoms with Crippen molar-refractivity contribution >= 4 is 33.0 Å². The molecule has 1 aromatic heterocycles. The van der Waals surface area contributed by atoms with Crippen molar-refractivity contribution in [2.24, 2.45) is 0 Å². The van der Waals surface area contributed by atoms with Gasteiger partial charge in [-0.2, -0.15) is 5.26 Å². The molecule has 0 unspecified atom stereocenters. The van der Waals surface area contributed by atoms with Crippen molar-refractivity contribution in [3.63, 3.8) is 0 Å². The summed E-state index contributed by atoms with van der Waals surface area (Å²) in [5.41, 5.74) is 4.38. The molecule has 3 heterocycles. The van der Waals surface area contributed by atoms with Crippen LogP contribution >= 0.6 is 11.3 Å². The first kappa shape index (κ1) is 27.3. The molecule has 4 aromatic rings. The van der Waals surface area contributed by atoms with Crippen LogP contribution in [-0.2, 0) is 6.54 Å². The average Bonchev–Trinajstić information content (AvgIpc) is 3.43. The van der Waals surface area contributed by atoms with E-state index in [1.54, 1.807) is 0 Å². The Labute approximate surface area is 246 Å². The smallest absolute Gasteiger partial charge is 0.261 e. The summed E-state index contributed by atoms with van der Waals surface area (Å²) in [5.74, 6) is 0.885. The van der Waals surface area contributed by atoms with Crippen LogP contribution in [0.4, 0.5) is 5.69 Å². The van der Waals surface area contributed by atoms with E-state index in [2.05, 4.69) is 64.5 Å². The third-order valence-electron chi connectivity index (χ3n) is 8.31. The first-order chi connectivity index (χ1) is 20.0. The number of rotatable bonds is 7. The fraction of sp³-hybridized carbons (Fsp3) is 0.353. The molecule has 2 aliphatic rings. The summed E-state index contributed by atoms with van der Waals surface area (Å²) in [6, 6.07) is 27.2. The van der Waals surface area contributed by atoms with Gasteiger partial charge in [0.25, 0.3) is 5.91 Å². The summed E-state index contributed by atoms with van der Waals surface area (Å²) in [7, 11) is 0. The molecule has 7 heteroatoms. The van der Waals surface area contributed by atoms with Gasteiger partial charge in [0.2, 0.25) is 0 Å². The Balaban J connectivity index is 0.998. The average molecular weight is 565 g/mol. The normalized spacial score (nSPS) is 16.9. The van der Waals surface area contributed by atoms with Crippen LogP contribution in [0.3, 0.4) is 0 Å². The Morgan fingerprint density at radius 2 is 1.73 bits per heavy atom. The molecule has 6 nitrogen and oxygen atoms in total. The zero-order valence-electron chi connectivity index (χ0n) is 23.5. The van der Waals surface area contributed by atoms with Gasteiger partial charge in [0.1, 0.15) is 11.9 Å². The SMILES string of the molecule is Cc1ccc(N2CCC(Oc3ccc4cc(C(=O)NC5CCN(Cc6ccccc6C#N)CC5)sc4c3)CC2)cc1. The van der Waals surface area contributed by atoms with Crippen LogP contribution in [0.25, 0.3) is 10.1 Å². The number of nitriles is 1. The van der Waals surface area contributed by atoms with E-state index < -0.39 is 0 Å². The lowest BCUT2D eigenvalue weighted by Crippen LogP contribution is -2.44. The number of thiophene rings is 1. The fourth-order valence-corrected chi connectivity index (χ4v) is 6.87. The quantitative estimate of drug-likeness (QED) is 0.277. The molecule has 1 N–H and O–H groups in total. The number of fused-ring (bicyclic) bond motifs is 1. The molecule has 2 saturated heterocycles. The Bertz CT molecular complexity index is 1540. The molecule has 0 spiro atoms. The van der Waals surface area contributed by atoms with Gasteiger partial charge < -0.3 is 15.0 Å². The van der Waals surface area contributed by atoms with Gasteiger partial charge in [0.05, 0.1) is 16.5 Å². The second-order valence-electron chi connectivity index (χ2n) is 11.2. The van der Waals surface area contributed by atoms with E-state index in [0.29, 0.717) is 0 Å². The number of likely N-dealkylation sites (tertiary alicyclic amines) is 1. The van der Waals surface area contributed by atoms with Crippen LogP contribution in [0.5, 0.6) is 5.75 Å². The highest BCUT2D eigenvalue weighted by molar-refractivity contribution is 7.20. The summed E-state index contributed by atoms with van der Waals surface area (Å²) in [6.45, 7) is 6.69. The highest BCUT2D eigenvalue weighted by atomic mass is 32.1. The molecule has 0 bridgehead atoms. The molecule has 0 radical (unpaired) electrons. The van der Waals surface area contributed by atoms with Crippen LogP contribution in [0.15, 0.2) is 72.8 Å². The number of piperidine rings is 2. The molecular formula is C34H36N4O2S. The standard InChI is InChI=1S/C34H36N4O2S/c1-24-6-9-29(10-7-24)38-18-14-30(15-19-38)40-31-11-8-25-20-33(41-32(25)21-31)34(39)36-28-12-16-37(17-13-28)23-27-5-3-2-4-26(27)22-35/h2-11,20-21,28,30H,12-19,23H2,1H3,(H,36,39). The minimum Gasteiger partial charge on any atom is -0.490 e. The van der Waals surface area contributed by atoms with E-state index in [1.165, 1.54) is 22.6 Å². The van der Waals surface area contributed by atoms with E-state index in [0.717, 1.165) is 90.2 Å². The monoisotopic (exact) mass is 564 g/mol. The number of aryl methyl sites for hydroxylation is 1. The number of hydrogen-bond acceptors (Lipinski definition) is 6. The van der Waals surface area contributed by atoms with Crippen molar-refractivity contribution in [3.8, 4) is 11.8 Å². The van der Waals surface area contributed by atoms with Gasteiger partial charge in [0.15, 0.2) is 0 Å². The number of ether oxygens (including phenoxy) is 1. The van der Waals surface area contributed by atoms with E-state index in [9.17, 15) is 10.1 Å². The second-order valence-corrected chi connectivity index (χ2v) is 12.3. The maximum Gasteiger partial charge on any atom is 0.261 e. The van der Waals surface area contributed by atoms with Crippen molar-refractivity contribution < 1.29 is 9.53 Å². The number of carbonyl (C=O) groups excluding carboxylic acids is 1. The van der Waals surface area contributed by atoms with Crippen molar-refractivity contribution in [1.29, 1.82) is 5.26 Å². The Morgan fingerprint density at radius 1 is 0.976 bits per heavy atom. The van der Waals surface area contributed by atoms with E-state index in [1.807, 2.05) is 36.4 Å². The summed E-state index contributed by atoms with van der Waals surface area (Å²) in [6.07, 6.45) is 4.01. The molecule has 0 atom stereocenters. The number of benzene rings is 3. The molecule has 2 aliphatic heterocycles. The Kier molecular flexibility index (Phi) is 8.22. The van der Waals surface area contributed by atoms with Gasteiger partial charge in [-0.1, -0.05) is 35.9 Å². The first-order valence-corrected chi connectivity index (χ1v) is 15.4. The fourth-order valence-electron chi connectivity index (χ4n) is 5.88. The third-order valence-corrected chi connectivity index (χ3v) is 9.41. The zero-order chi connectivity index (χ0) is 28.2. The highest BCUT2D eigenvalue weighted by Gasteiger charge is 2.24. The maximum absolute atomic E-state index is 13.1. The topological polar surface area (TPSA) is 68.6 Å². The third kappa shape index (κ3) is 6.56. The molecule has 41 heavy (non-hydrogen) atoms. The Hall–Kier alpha value is -3.86. The number of hydrogen-bond donors (Lipinski definition) is 1. The largest absolute Gasteiger partial charge is 0.490 e. The first-order valence-electron chi connectivity index (χ1n) is 14.6. The van der Waals surface area contributed by atoms with E-state index in [4.69, 9.17) is 4.74 Å². The van der Waals surface area contributed by atoms with Crippen molar-refractivity contribution in [3.05, 3.63) is 94.4 Å². The van der Waals surface area contributed by atoms with Crippen LogP contribution < -0.4 is 15.0 Å². The predicted octanol–water partition coefficient (Wildman–Crippen LogP) is 6.52. The van der Waals surface area contributed by atoms with Gasteiger partial charge in [-0.3, -0.25) is 9.69 Å². The number of amides is 1. The second kappa shape index (κ2) is 12.3. The van der Waals surface area contributed by atoms with Gasteiger partial charge in [-0.05, 0) is 73.2 Å². The van der Waals surface area contributed by atoms with Gasteiger partial charge in [-0.25, -0.2) is 0 Å². The molecule has 6 rings (SSSR count). The minimum atomic E-state index is 0.00502. The summed E-state index contributed by atoms with van der Waals surface area (Å²) < 4.78 is 7.46. The van der Waals surface area contributed by atoms with Crippen molar-refractivity contribution in [2.45, 2.75) is 51.3 Å². The predicted molar refractivity (Wildman–Crippen MR) is 166 cm³/mol. The lowest BCUT2D eigenvalue weighted by atomic mass is 10.0. The summed E-state index contributed by atoms with van der Waals surface area (Å²) >= 11 is 1.53. The number of anilines is 1. The summed E-state index contributed by atoms with van der Waals surface area (Å²) in [5, 5.41) is 13.7. The van der Waals surface area contributed by atoms with Gasteiger partial charge in [0, 0.05) is 62.0 Å². The number of nitrogens with one attached hydrogen (secondary N) is 1. The molecule has 2 fully saturated rings. The molecular weight excluding hydrogens is 528 g/mol. The lowest BCUT2D eigenvalue weighted by Gasteiger charge is -2.33. The van der Waals surface area contributed by atoms with Crippen LogP contribution in [-0.4, -0.2) is 49.1 Å². The molecule has 1 amide bonds. The highest BCUT2D eigenvalue weighted by Crippen LogP contribution is 2.31. The van der Waals surface area contributed by atoms with Crippen LogP contribution in [0.2, 0.25) is 0 Å². The lowest BCUT2D eigenvalue weighted by molar-refractivity contribution is 0.0913. The molecule has 0 aliphatic carbocycles. The van der Waals surface area contributed by atoms with Gasteiger partial charge in [-0.15, -0.1) is 11.3 Å². The van der Waals surface area contributed by atoms with Crippen molar-refractivity contribution in [1.82, 2.24) is 10.2 Å². The zero-order valence-corrected chi connectivity index (χ0v) is 24.3. The maximum atomic E-state index is 13.1.